The molecule has 1 aromatic rings. The molecule has 1 aromatic carbocycles. The Balaban J connectivity index is 1.83. The van der Waals surface area contributed by atoms with E-state index in [2.05, 4.69) is 5.32 Å². The summed E-state index contributed by atoms with van der Waals surface area (Å²) < 4.78 is 38.3. The summed E-state index contributed by atoms with van der Waals surface area (Å²) in [5, 5.41) is 2.54. The van der Waals surface area contributed by atoms with Crippen molar-refractivity contribution >= 4 is 27.7 Å². The van der Waals surface area contributed by atoms with Crippen molar-refractivity contribution in [1.29, 1.82) is 0 Å². The van der Waals surface area contributed by atoms with Crippen LogP contribution < -0.4 is 5.32 Å². The third kappa shape index (κ3) is 4.69. The van der Waals surface area contributed by atoms with Gasteiger partial charge in [0.2, 0.25) is 10.0 Å². The summed E-state index contributed by atoms with van der Waals surface area (Å²) in [4.78, 5) is 11.8. The van der Waals surface area contributed by atoms with Crippen LogP contribution in [0.2, 0.25) is 0 Å². The lowest BCUT2D eigenvalue weighted by Gasteiger charge is -2.25. The molecular weight excluding hydrogens is 315 g/mol. The Morgan fingerprint density at radius 3 is 2.48 bits per heavy atom. The summed E-state index contributed by atoms with van der Waals surface area (Å²) in [6, 6.07) is 5.11. The van der Waals surface area contributed by atoms with E-state index in [-0.39, 0.29) is 12.3 Å². The van der Waals surface area contributed by atoms with Crippen molar-refractivity contribution in [2.24, 2.45) is 0 Å². The second-order valence-corrected chi connectivity index (χ2v) is 7.90. The molecule has 0 spiro atoms. The third-order valence-electron chi connectivity index (χ3n) is 3.12. The van der Waals surface area contributed by atoms with Crippen molar-refractivity contribution in [3.63, 3.8) is 0 Å². The standard InChI is InChI=1S/C13H17FN2O3S2/c14-12-3-1-11(2-4-12)13(17)15-5-10-21(18,19)16-6-8-20-9-7-16/h1-4H,5-10H2,(H,15,17). The van der Waals surface area contributed by atoms with E-state index in [0.717, 1.165) is 11.5 Å². The Morgan fingerprint density at radius 1 is 1.24 bits per heavy atom. The van der Waals surface area contributed by atoms with E-state index in [9.17, 15) is 17.6 Å². The Labute approximate surface area is 128 Å². The highest BCUT2D eigenvalue weighted by Crippen LogP contribution is 2.13. The minimum atomic E-state index is -3.32. The summed E-state index contributed by atoms with van der Waals surface area (Å²) in [7, 11) is -3.32. The van der Waals surface area contributed by atoms with Gasteiger partial charge in [0.25, 0.3) is 5.91 Å². The van der Waals surface area contributed by atoms with Crippen molar-refractivity contribution in [3.8, 4) is 0 Å². The van der Waals surface area contributed by atoms with Gasteiger partial charge in [-0.05, 0) is 24.3 Å². The molecule has 0 radical (unpaired) electrons. The number of benzene rings is 1. The molecule has 1 amide bonds. The minimum absolute atomic E-state index is 0.0438. The first-order chi connectivity index (χ1) is 9.99. The zero-order valence-electron chi connectivity index (χ0n) is 11.4. The zero-order valence-corrected chi connectivity index (χ0v) is 13.1. The number of nitrogens with one attached hydrogen (secondary N) is 1. The van der Waals surface area contributed by atoms with Gasteiger partial charge in [-0.1, -0.05) is 0 Å². The molecule has 0 atom stereocenters. The van der Waals surface area contributed by atoms with Gasteiger partial charge in [-0.3, -0.25) is 4.79 Å². The molecular formula is C13H17FN2O3S2. The van der Waals surface area contributed by atoms with Gasteiger partial charge >= 0.3 is 0 Å². The number of hydrogen-bond acceptors (Lipinski definition) is 4. The first-order valence-electron chi connectivity index (χ1n) is 6.58. The monoisotopic (exact) mass is 332 g/mol. The highest BCUT2D eigenvalue weighted by molar-refractivity contribution is 7.99. The van der Waals surface area contributed by atoms with Crippen LogP contribution in [-0.2, 0) is 10.0 Å². The van der Waals surface area contributed by atoms with Crippen LogP contribution in [0, 0.1) is 5.82 Å². The predicted molar refractivity (Wildman–Crippen MR) is 81.4 cm³/mol. The van der Waals surface area contributed by atoms with Gasteiger partial charge in [0.1, 0.15) is 5.82 Å². The predicted octanol–water partition coefficient (Wildman–Crippen LogP) is 0.934. The van der Waals surface area contributed by atoms with E-state index in [1.165, 1.54) is 28.6 Å². The van der Waals surface area contributed by atoms with Crippen LogP contribution in [-0.4, -0.2) is 55.5 Å². The van der Waals surface area contributed by atoms with E-state index in [0.29, 0.717) is 18.7 Å². The topological polar surface area (TPSA) is 66.5 Å². The van der Waals surface area contributed by atoms with Crippen molar-refractivity contribution in [3.05, 3.63) is 35.6 Å². The molecule has 1 aliphatic heterocycles. The molecule has 0 aliphatic carbocycles. The molecule has 0 bridgehead atoms. The molecule has 1 aliphatic rings. The number of sulfonamides is 1. The first kappa shape index (κ1) is 16.3. The molecule has 21 heavy (non-hydrogen) atoms. The van der Waals surface area contributed by atoms with Crippen molar-refractivity contribution in [2.45, 2.75) is 0 Å². The number of rotatable bonds is 5. The maximum absolute atomic E-state index is 12.7. The second-order valence-electron chi connectivity index (χ2n) is 4.59. The molecule has 116 valence electrons. The maximum Gasteiger partial charge on any atom is 0.251 e. The molecule has 2 rings (SSSR count). The fourth-order valence-electron chi connectivity index (χ4n) is 1.95. The molecule has 0 unspecified atom stereocenters. The minimum Gasteiger partial charge on any atom is -0.351 e. The van der Waals surface area contributed by atoms with Gasteiger partial charge in [0.15, 0.2) is 0 Å². The van der Waals surface area contributed by atoms with Crippen molar-refractivity contribution in [1.82, 2.24) is 9.62 Å². The van der Waals surface area contributed by atoms with Crippen molar-refractivity contribution < 1.29 is 17.6 Å². The van der Waals surface area contributed by atoms with Gasteiger partial charge in [-0.2, -0.15) is 11.8 Å². The average molecular weight is 332 g/mol. The van der Waals surface area contributed by atoms with Crippen LogP contribution in [0.1, 0.15) is 10.4 Å². The highest BCUT2D eigenvalue weighted by atomic mass is 32.2. The van der Waals surface area contributed by atoms with Crippen LogP contribution in [0.4, 0.5) is 4.39 Å². The summed E-state index contributed by atoms with van der Waals surface area (Å²) in [5.74, 6) is 0.670. The van der Waals surface area contributed by atoms with E-state index in [4.69, 9.17) is 0 Å². The van der Waals surface area contributed by atoms with Crippen LogP contribution >= 0.6 is 11.8 Å². The van der Waals surface area contributed by atoms with Gasteiger partial charge < -0.3 is 5.32 Å². The van der Waals surface area contributed by atoms with Crippen LogP contribution in [0.3, 0.4) is 0 Å². The number of nitrogens with zero attached hydrogens (tertiary/aromatic N) is 1. The lowest BCUT2D eigenvalue weighted by Crippen LogP contribution is -2.41. The Kier molecular flexibility index (Phi) is 5.60. The maximum atomic E-state index is 12.7. The lowest BCUT2D eigenvalue weighted by molar-refractivity contribution is 0.0956. The number of carbonyl (C=O) groups is 1. The number of carbonyl (C=O) groups excluding carboxylic acids is 1. The highest BCUT2D eigenvalue weighted by Gasteiger charge is 2.23. The van der Waals surface area contributed by atoms with Crippen molar-refractivity contribution in [2.75, 3.05) is 36.9 Å². The van der Waals surface area contributed by atoms with Crippen LogP contribution in [0.25, 0.3) is 0 Å². The second kappa shape index (κ2) is 7.24. The number of thioether (sulfide) groups is 1. The molecule has 0 aromatic heterocycles. The Morgan fingerprint density at radius 2 is 1.86 bits per heavy atom. The van der Waals surface area contributed by atoms with E-state index >= 15 is 0 Å². The largest absolute Gasteiger partial charge is 0.351 e. The lowest BCUT2D eigenvalue weighted by atomic mass is 10.2. The number of amides is 1. The fourth-order valence-corrected chi connectivity index (χ4v) is 4.44. The quantitative estimate of drug-likeness (QED) is 0.871. The summed E-state index contributed by atoms with van der Waals surface area (Å²) >= 11 is 1.74. The van der Waals surface area contributed by atoms with Crippen LogP contribution in [0.15, 0.2) is 24.3 Å². The average Bonchev–Trinajstić information content (AvgIpc) is 2.48. The molecule has 1 saturated heterocycles. The van der Waals surface area contributed by atoms with Gasteiger partial charge in [-0.15, -0.1) is 0 Å². The zero-order chi connectivity index (χ0) is 15.3. The third-order valence-corrected chi connectivity index (χ3v) is 5.93. The number of halogens is 1. The Bertz CT molecular complexity index is 584. The van der Waals surface area contributed by atoms with Gasteiger partial charge in [0, 0.05) is 36.7 Å². The van der Waals surface area contributed by atoms with Crippen LogP contribution in [0.5, 0.6) is 0 Å². The molecule has 1 fully saturated rings. The van der Waals surface area contributed by atoms with Gasteiger partial charge in [0.05, 0.1) is 5.75 Å². The normalized spacial score (nSPS) is 16.6. The summed E-state index contributed by atoms with van der Waals surface area (Å²) in [6.07, 6.45) is 0. The first-order valence-corrected chi connectivity index (χ1v) is 9.35. The summed E-state index contributed by atoms with van der Waals surface area (Å²) in [5.41, 5.74) is 0.308. The fraction of sp³-hybridized carbons (Fsp3) is 0.462. The molecule has 1 N–H and O–H groups in total. The van der Waals surface area contributed by atoms with E-state index in [1.54, 1.807) is 11.8 Å². The Hall–Kier alpha value is -1.12. The molecule has 0 saturated carbocycles. The summed E-state index contributed by atoms with van der Waals surface area (Å²) in [6.45, 7) is 1.10. The molecule has 1 heterocycles. The molecule has 5 nitrogen and oxygen atoms in total. The number of hydrogen-bond donors (Lipinski definition) is 1. The SMILES string of the molecule is O=C(NCCS(=O)(=O)N1CCSCC1)c1ccc(F)cc1. The van der Waals surface area contributed by atoms with E-state index < -0.39 is 21.7 Å². The van der Waals surface area contributed by atoms with E-state index in [1.807, 2.05) is 0 Å². The van der Waals surface area contributed by atoms with Gasteiger partial charge in [-0.25, -0.2) is 17.1 Å². The molecule has 8 heteroatoms. The smallest absolute Gasteiger partial charge is 0.251 e.